The number of piperazine rings is 1. The molecule has 164 valence electrons. The molecule has 1 aliphatic heterocycles. The van der Waals surface area contributed by atoms with E-state index in [1.54, 1.807) is 29.2 Å². The van der Waals surface area contributed by atoms with E-state index in [1.807, 2.05) is 59.5 Å². The second-order valence-corrected chi connectivity index (χ2v) is 7.91. The number of hydrogen-bond donors (Lipinski definition) is 1. The molecule has 1 heterocycles. The van der Waals surface area contributed by atoms with Crippen LogP contribution in [0, 0.1) is 0 Å². The highest BCUT2D eigenvalue weighted by Gasteiger charge is 2.24. The fourth-order valence-corrected chi connectivity index (χ4v) is 3.80. The summed E-state index contributed by atoms with van der Waals surface area (Å²) in [7, 11) is 0. The molecule has 0 aromatic heterocycles. The standard InChI is InChI=1S/C25H24ClN3O3/c26-21-11-5-4-10-20(21)25(31)29-16-14-28(15-17-29)18-24(30)27-22-12-6-7-13-23(22)32-19-8-2-1-3-9-19/h1-13H,14-18H2,(H,27,30). The van der Waals surface area contributed by atoms with Crippen molar-refractivity contribution in [2.24, 2.45) is 0 Å². The maximum absolute atomic E-state index is 12.7. The van der Waals surface area contributed by atoms with Gasteiger partial charge in [0, 0.05) is 26.2 Å². The Kier molecular flexibility index (Phi) is 7.04. The maximum atomic E-state index is 12.7. The van der Waals surface area contributed by atoms with Gasteiger partial charge in [0.05, 0.1) is 22.8 Å². The van der Waals surface area contributed by atoms with E-state index in [1.165, 1.54) is 0 Å². The van der Waals surface area contributed by atoms with Crippen molar-refractivity contribution < 1.29 is 14.3 Å². The topological polar surface area (TPSA) is 61.9 Å². The molecule has 4 rings (SSSR count). The van der Waals surface area contributed by atoms with Gasteiger partial charge in [-0.25, -0.2) is 0 Å². The lowest BCUT2D eigenvalue weighted by molar-refractivity contribution is -0.117. The van der Waals surface area contributed by atoms with Gasteiger partial charge >= 0.3 is 0 Å². The molecule has 1 N–H and O–H groups in total. The van der Waals surface area contributed by atoms with E-state index in [4.69, 9.17) is 16.3 Å². The van der Waals surface area contributed by atoms with E-state index in [0.29, 0.717) is 54.0 Å². The Morgan fingerprint density at radius 2 is 1.50 bits per heavy atom. The number of benzene rings is 3. The van der Waals surface area contributed by atoms with E-state index in [-0.39, 0.29) is 18.4 Å². The summed E-state index contributed by atoms with van der Waals surface area (Å²) in [5, 5.41) is 3.40. The number of amides is 2. The number of hydrogen-bond acceptors (Lipinski definition) is 4. The molecule has 0 aliphatic carbocycles. The number of nitrogens with zero attached hydrogens (tertiary/aromatic N) is 2. The van der Waals surface area contributed by atoms with Gasteiger partial charge < -0.3 is 15.0 Å². The average Bonchev–Trinajstić information content (AvgIpc) is 2.81. The average molecular weight is 450 g/mol. The number of halogens is 1. The third kappa shape index (κ3) is 5.46. The second-order valence-electron chi connectivity index (χ2n) is 7.51. The quantitative estimate of drug-likeness (QED) is 0.600. The summed E-state index contributed by atoms with van der Waals surface area (Å²) in [5.41, 5.74) is 1.13. The molecule has 0 atom stereocenters. The molecule has 32 heavy (non-hydrogen) atoms. The Hall–Kier alpha value is -3.35. The Labute approximate surface area is 192 Å². The molecular formula is C25H24ClN3O3. The lowest BCUT2D eigenvalue weighted by Gasteiger charge is -2.34. The van der Waals surface area contributed by atoms with Crippen molar-refractivity contribution in [3.8, 4) is 11.5 Å². The Bertz CT molecular complexity index is 1080. The predicted octanol–water partition coefficient (Wildman–Crippen LogP) is 4.53. The normalized spacial score (nSPS) is 14.1. The Balaban J connectivity index is 1.31. The van der Waals surface area contributed by atoms with Gasteiger partial charge in [0.2, 0.25) is 5.91 Å². The van der Waals surface area contributed by atoms with E-state index in [2.05, 4.69) is 5.32 Å². The summed E-state index contributed by atoms with van der Waals surface area (Å²) in [6, 6.07) is 23.9. The molecule has 7 heteroatoms. The van der Waals surface area contributed by atoms with Crippen molar-refractivity contribution in [3.63, 3.8) is 0 Å². The molecule has 3 aromatic carbocycles. The molecule has 1 saturated heterocycles. The number of rotatable bonds is 6. The number of carbonyl (C=O) groups is 2. The van der Waals surface area contributed by atoms with Crippen molar-refractivity contribution in [2.45, 2.75) is 0 Å². The summed E-state index contributed by atoms with van der Waals surface area (Å²) in [4.78, 5) is 29.2. The minimum atomic E-state index is -0.125. The van der Waals surface area contributed by atoms with Gasteiger partial charge in [0.1, 0.15) is 5.75 Å². The molecule has 0 radical (unpaired) electrons. The highest BCUT2D eigenvalue weighted by molar-refractivity contribution is 6.33. The van der Waals surface area contributed by atoms with E-state index >= 15 is 0 Å². The highest BCUT2D eigenvalue weighted by Crippen LogP contribution is 2.29. The minimum Gasteiger partial charge on any atom is -0.455 e. The molecule has 6 nitrogen and oxygen atoms in total. The van der Waals surface area contributed by atoms with E-state index < -0.39 is 0 Å². The molecule has 0 bridgehead atoms. The van der Waals surface area contributed by atoms with Gasteiger partial charge in [-0.15, -0.1) is 0 Å². The molecule has 1 aliphatic rings. The van der Waals surface area contributed by atoms with Crippen molar-refractivity contribution >= 4 is 29.1 Å². The number of nitrogens with one attached hydrogen (secondary N) is 1. The lowest BCUT2D eigenvalue weighted by atomic mass is 10.2. The zero-order valence-electron chi connectivity index (χ0n) is 17.5. The van der Waals surface area contributed by atoms with Gasteiger partial charge in [-0.3, -0.25) is 14.5 Å². The van der Waals surface area contributed by atoms with Crippen molar-refractivity contribution in [3.05, 3.63) is 89.4 Å². The maximum Gasteiger partial charge on any atom is 0.255 e. The van der Waals surface area contributed by atoms with Crippen LogP contribution in [0.3, 0.4) is 0 Å². The Morgan fingerprint density at radius 1 is 0.844 bits per heavy atom. The van der Waals surface area contributed by atoms with Crippen molar-refractivity contribution in [1.82, 2.24) is 9.80 Å². The molecule has 0 saturated carbocycles. The zero-order chi connectivity index (χ0) is 22.3. The van der Waals surface area contributed by atoms with Gasteiger partial charge in [-0.2, -0.15) is 0 Å². The monoisotopic (exact) mass is 449 g/mol. The lowest BCUT2D eigenvalue weighted by Crippen LogP contribution is -2.50. The van der Waals surface area contributed by atoms with Crippen LogP contribution in [0.4, 0.5) is 5.69 Å². The summed E-state index contributed by atoms with van der Waals surface area (Å²) < 4.78 is 5.91. The van der Waals surface area contributed by atoms with Gasteiger partial charge in [0.15, 0.2) is 5.75 Å². The van der Waals surface area contributed by atoms with Gasteiger partial charge in [-0.1, -0.05) is 54.1 Å². The molecule has 1 fully saturated rings. The zero-order valence-corrected chi connectivity index (χ0v) is 18.3. The van der Waals surface area contributed by atoms with Crippen LogP contribution in [0.25, 0.3) is 0 Å². The van der Waals surface area contributed by atoms with Crippen molar-refractivity contribution in [2.75, 3.05) is 38.0 Å². The second kappa shape index (κ2) is 10.3. The van der Waals surface area contributed by atoms with Crippen LogP contribution >= 0.6 is 11.6 Å². The first kappa shape index (κ1) is 21.9. The smallest absolute Gasteiger partial charge is 0.255 e. The van der Waals surface area contributed by atoms with Gasteiger partial charge in [-0.05, 0) is 36.4 Å². The molecule has 0 spiro atoms. The third-order valence-electron chi connectivity index (χ3n) is 5.26. The van der Waals surface area contributed by atoms with E-state index in [0.717, 1.165) is 0 Å². The molecule has 0 unspecified atom stereocenters. The highest BCUT2D eigenvalue weighted by atomic mass is 35.5. The van der Waals surface area contributed by atoms with Crippen LogP contribution in [-0.4, -0.2) is 54.3 Å². The summed E-state index contributed by atoms with van der Waals surface area (Å²) >= 11 is 6.16. The van der Waals surface area contributed by atoms with Crippen molar-refractivity contribution in [1.29, 1.82) is 0 Å². The first-order chi connectivity index (χ1) is 15.6. The fourth-order valence-electron chi connectivity index (χ4n) is 3.58. The van der Waals surface area contributed by atoms with Crippen LogP contribution in [0.15, 0.2) is 78.9 Å². The van der Waals surface area contributed by atoms with E-state index in [9.17, 15) is 9.59 Å². The number of ether oxygens (including phenoxy) is 1. The van der Waals surface area contributed by atoms with Gasteiger partial charge in [0.25, 0.3) is 5.91 Å². The predicted molar refractivity (Wildman–Crippen MR) is 125 cm³/mol. The molecular weight excluding hydrogens is 426 g/mol. The SMILES string of the molecule is O=C(CN1CCN(C(=O)c2ccccc2Cl)CC1)Nc1ccccc1Oc1ccccc1. The summed E-state index contributed by atoms with van der Waals surface area (Å²) in [5.74, 6) is 1.09. The number of carbonyl (C=O) groups excluding carboxylic acids is 2. The minimum absolute atomic E-state index is 0.0771. The molecule has 2 amide bonds. The summed E-state index contributed by atoms with van der Waals surface area (Å²) in [6.07, 6.45) is 0. The number of para-hydroxylation sites is 3. The van der Waals surface area contributed by atoms with Crippen LogP contribution < -0.4 is 10.1 Å². The molecule has 3 aromatic rings. The number of anilines is 1. The third-order valence-corrected chi connectivity index (χ3v) is 5.59. The van der Waals surface area contributed by atoms with Crippen LogP contribution in [0.1, 0.15) is 10.4 Å². The van der Waals surface area contributed by atoms with Crippen LogP contribution in [-0.2, 0) is 4.79 Å². The first-order valence-electron chi connectivity index (χ1n) is 10.5. The largest absolute Gasteiger partial charge is 0.455 e. The first-order valence-corrected chi connectivity index (χ1v) is 10.9. The Morgan fingerprint density at radius 3 is 2.25 bits per heavy atom. The summed E-state index contributed by atoms with van der Waals surface area (Å²) in [6.45, 7) is 2.57. The van der Waals surface area contributed by atoms with Crippen LogP contribution in [0.5, 0.6) is 11.5 Å². The fraction of sp³-hybridized carbons (Fsp3) is 0.200. The van der Waals surface area contributed by atoms with Crippen LogP contribution in [0.2, 0.25) is 5.02 Å².